The number of urea groups is 1. The van der Waals surface area contributed by atoms with Gasteiger partial charge in [0.15, 0.2) is 5.82 Å². The molecule has 0 unspecified atom stereocenters. The van der Waals surface area contributed by atoms with E-state index in [1.165, 1.54) is 24.5 Å². The fourth-order valence-electron chi connectivity index (χ4n) is 3.82. The Balaban J connectivity index is 1.33. The molecule has 32 heavy (non-hydrogen) atoms. The van der Waals surface area contributed by atoms with Crippen molar-refractivity contribution in [1.82, 2.24) is 19.8 Å². The zero-order chi connectivity index (χ0) is 22.9. The number of aromatic nitrogens is 2. The number of nitrogens with zero attached hydrogens (tertiary/aromatic N) is 4. The average molecular weight is 447 g/mol. The van der Waals surface area contributed by atoms with Crippen molar-refractivity contribution in [2.45, 2.75) is 37.9 Å². The summed E-state index contributed by atoms with van der Waals surface area (Å²) < 4.78 is 38.7. The van der Waals surface area contributed by atoms with Crippen molar-refractivity contribution >= 4 is 17.8 Å². The van der Waals surface area contributed by atoms with E-state index >= 15 is 0 Å². The molecule has 0 spiro atoms. The maximum absolute atomic E-state index is 12.9. The molecule has 1 saturated heterocycles. The molecule has 4 rings (SSSR count). The van der Waals surface area contributed by atoms with Crippen molar-refractivity contribution in [3.63, 3.8) is 0 Å². The first-order chi connectivity index (χ1) is 15.2. The van der Waals surface area contributed by atoms with Crippen LogP contribution in [0.25, 0.3) is 11.3 Å². The highest BCUT2D eigenvalue weighted by Gasteiger charge is 2.36. The molecule has 1 aromatic carbocycles. The van der Waals surface area contributed by atoms with Gasteiger partial charge in [-0.25, -0.2) is 9.78 Å². The van der Waals surface area contributed by atoms with Gasteiger partial charge in [-0.1, -0.05) is 12.1 Å². The predicted octanol–water partition coefficient (Wildman–Crippen LogP) is 4.03. The highest BCUT2D eigenvalue weighted by molar-refractivity contribution is 5.88. The number of rotatable bonds is 4. The molecule has 2 aliphatic rings. The van der Waals surface area contributed by atoms with Gasteiger partial charge in [0.05, 0.1) is 23.7 Å². The fraction of sp³-hybridized carbons (Fsp3) is 0.455. The maximum Gasteiger partial charge on any atom is 0.416 e. The summed E-state index contributed by atoms with van der Waals surface area (Å²) in [4.78, 5) is 36.5. The summed E-state index contributed by atoms with van der Waals surface area (Å²) in [5.74, 6) is 0.635. The lowest BCUT2D eigenvalue weighted by Gasteiger charge is -2.36. The lowest BCUT2D eigenvalue weighted by atomic mass is 10.0. The van der Waals surface area contributed by atoms with E-state index in [-0.39, 0.29) is 41.0 Å². The number of likely N-dealkylation sites (tertiary alicyclic amines) is 1. The second-order valence-electron chi connectivity index (χ2n) is 8.24. The Morgan fingerprint density at radius 1 is 1.09 bits per heavy atom. The number of nitrogens with one attached hydrogen (secondary N) is 1. The normalized spacial score (nSPS) is 17.2. The summed E-state index contributed by atoms with van der Waals surface area (Å²) in [7, 11) is 1.70. The summed E-state index contributed by atoms with van der Waals surface area (Å²) in [6, 6.07) is 4.50. The van der Waals surface area contributed by atoms with Crippen LogP contribution in [-0.2, 0) is 11.0 Å². The molecule has 0 radical (unpaired) electrons. The molecular weight excluding hydrogens is 423 g/mol. The van der Waals surface area contributed by atoms with E-state index < -0.39 is 11.7 Å². The van der Waals surface area contributed by atoms with Gasteiger partial charge in [-0.15, -0.1) is 0 Å². The number of benzene rings is 1. The molecule has 1 saturated carbocycles. The van der Waals surface area contributed by atoms with Crippen LogP contribution in [0.1, 0.15) is 31.2 Å². The van der Waals surface area contributed by atoms with Gasteiger partial charge in [-0.2, -0.15) is 13.2 Å². The first-order valence-corrected chi connectivity index (χ1v) is 10.5. The molecule has 1 aromatic heterocycles. The first-order valence-electron chi connectivity index (χ1n) is 10.5. The third-order valence-corrected chi connectivity index (χ3v) is 5.94. The molecule has 1 aliphatic carbocycles. The summed E-state index contributed by atoms with van der Waals surface area (Å²) in [6.07, 6.45) is 1.59. The topological polar surface area (TPSA) is 78.4 Å². The predicted molar refractivity (Wildman–Crippen MR) is 112 cm³/mol. The molecule has 2 aromatic rings. The van der Waals surface area contributed by atoms with Gasteiger partial charge >= 0.3 is 12.2 Å². The molecule has 2 heterocycles. The van der Waals surface area contributed by atoms with Gasteiger partial charge in [0.2, 0.25) is 5.91 Å². The number of alkyl halides is 3. The van der Waals surface area contributed by atoms with Gasteiger partial charge in [-0.05, 0) is 37.8 Å². The molecule has 0 atom stereocenters. The maximum atomic E-state index is 12.9. The fourth-order valence-corrected chi connectivity index (χ4v) is 3.82. The monoisotopic (exact) mass is 447 g/mol. The molecule has 170 valence electrons. The van der Waals surface area contributed by atoms with Crippen LogP contribution in [0.2, 0.25) is 0 Å². The van der Waals surface area contributed by atoms with Crippen LogP contribution in [-0.4, -0.2) is 57.9 Å². The van der Waals surface area contributed by atoms with E-state index in [2.05, 4.69) is 15.3 Å². The Hall–Kier alpha value is -3.17. The van der Waals surface area contributed by atoms with Gasteiger partial charge in [-0.3, -0.25) is 15.1 Å². The Kier molecular flexibility index (Phi) is 6.03. The lowest BCUT2D eigenvalue weighted by molar-refractivity contribution is -0.137. The highest BCUT2D eigenvalue weighted by atomic mass is 19.4. The van der Waals surface area contributed by atoms with Crippen molar-refractivity contribution in [2.24, 2.45) is 5.92 Å². The number of hydrogen-bond donors (Lipinski definition) is 1. The molecule has 1 N–H and O–H groups in total. The summed E-state index contributed by atoms with van der Waals surface area (Å²) in [5, 5.41) is 2.67. The summed E-state index contributed by atoms with van der Waals surface area (Å²) in [6.45, 7) is 1.28. The Bertz CT molecular complexity index is 984. The Morgan fingerprint density at radius 2 is 1.81 bits per heavy atom. The van der Waals surface area contributed by atoms with Gasteiger partial charge < -0.3 is 9.80 Å². The Morgan fingerprint density at radius 3 is 2.41 bits per heavy atom. The number of amides is 3. The lowest BCUT2D eigenvalue weighted by Crippen LogP contribution is -2.48. The summed E-state index contributed by atoms with van der Waals surface area (Å²) in [5.41, 5.74) is -0.203. The molecule has 10 heteroatoms. The molecule has 2 fully saturated rings. The third-order valence-electron chi connectivity index (χ3n) is 5.94. The number of anilines is 1. The number of hydrogen-bond acceptors (Lipinski definition) is 4. The van der Waals surface area contributed by atoms with Crippen LogP contribution < -0.4 is 5.32 Å². The van der Waals surface area contributed by atoms with Crippen molar-refractivity contribution in [2.75, 3.05) is 25.5 Å². The van der Waals surface area contributed by atoms with E-state index in [9.17, 15) is 22.8 Å². The second-order valence-corrected chi connectivity index (χ2v) is 8.24. The van der Waals surface area contributed by atoms with E-state index in [1.807, 2.05) is 4.90 Å². The zero-order valence-corrected chi connectivity index (χ0v) is 17.6. The van der Waals surface area contributed by atoms with E-state index in [1.54, 1.807) is 11.9 Å². The molecule has 0 bridgehead atoms. The molecular formula is C22H24F3N5O2. The number of piperidine rings is 1. The third kappa shape index (κ3) is 5.00. The van der Waals surface area contributed by atoms with Gasteiger partial charge in [0.25, 0.3) is 0 Å². The van der Waals surface area contributed by atoms with Crippen molar-refractivity contribution in [3.8, 4) is 11.3 Å². The van der Waals surface area contributed by atoms with Crippen LogP contribution in [0, 0.1) is 5.92 Å². The van der Waals surface area contributed by atoms with E-state index in [0.717, 1.165) is 25.0 Å². The van der Waals surface area contributed by atoms with Gasteiger partial charge in [0.1, 0.15) is 0 Å². The first kappa shape index (κ1) is 22.0. The van der Waals surface area contributed by atoms with E-state index in [0.29, 0.717) is 25.9 Å². The van der Waals surface area contributed by atoms with Crippen molar-refractivity contribution in [1.29, 1.82) is 0 Å². The second kappa shape index (κ2) is 8.76. The summed E-state index contributed by atoms with van der Waals surface area (Å²) >= 11 is 0. The van der Waals surface area contributed by atoms with Crippen LogP contribution in [0.15, 0.2) is 36.7 Å². The zero-order valence-electron chi connectivity index (χ0n) is 17.6. The van der Waals surface area contributed by atoms with Crippen molar-refractivity contribution < 1.29 is 22.8 Å². The quantitative estimate of drug-likeness (QED) is 0.768. The van der Waals surface area contributed by atoms with Crippen LogP contribution in [0.5, 0.6) is 0 Å². The van der Waals surface area contributed by atoms with Gasteiger partial charge in [0, 0.05) is 37.7 Å². The number of carbonyl (C=O) groups excluding carboxylic acids is 2. The van der Waals surface area contributed by atoms with E-state index in [4.69, 9.17) is 0 Å². The average Bonchev–Trinajstić information content (AvgIpc) is 3.64. The Labute approximate surface area is 183 Å². The van der Waals surface area contributed by atoms with Crippen LogP contribution in [0.3, 0.4) is 0 Å². The highest BCUT2D eigenvalue weighted by Crippen LogP contribution is 2.33. The minimum absolute atomic E-state index is 0.00981. The van der Waals surface area contributed by atoms with Crippen LogP contribution in [0.4, 0.5) is 23.8 Å². The minimum atomic E-state index is -4.44. The SMILES string of the molecule is CN(C(=O)Nc1cnc(-c2cccc(C(F)(F)F)c2)cn1)C1CCN(C(=O)C2CC2)CC1. The number of carbonyl (C=O) groups is 2. The largest absolute Gasteiger partial charge is 0.416 e. The standard InChI is InChI=1S/C22H24F3N5O2/c1-29(17-7-9-30(10-8-17)20(31)14-5-6-14)21(32)28-19-13-26-18(12-27-19)15-3-2-4-16(11-15)22(23,24)25/h2-4,11-14,17H,5-10H2,1H3,(H,27,28,32). The smallest absolute Gasteiger partial charge is 0.342 e. The molecule has 3 amide bonds. The molecule has 7 nitrogen and oxygen atoms in total. The minimum Gasteiger partial charge on any atom is -0.342 e. The number of halogens is 3. The molecule has 1 aliphatic heterocycles. The van der Waals surface area contributed by atoms with Crippen LogP contribution >= 0.6 is 0 Å². The van der Waals surface area contributed by atoms with Crippen molar-refractivity contribution in [3.05, 3.63) is 42.2 Å².